The van der Waals surface area contributed by atoms with E-state index in [1.165, 1.54) is 56.9 Å². The minimum atomic E-state index is -0.195. The average molecular weight is 426 g/mol. The molecular formula is C28H47BO2. The summed E-state index contributed by atoms with van der Waals surface area (Å²) in [5.41, 5.74) is 2.09. The van der Waals surface area contributed by atoms with Crippen LogP contribution in [0.25, 0.3) is 0 Å². The van der Waals surface area contributed by atoms with Gasteiger partial charge in [-0.25, -0.2) is 0 Å². The van der Waals surface area contributed by atoms with Gasteiger partial charge in [0.05, 0.1) is 12.2 Å². The van der Waals surface area contributed by atoms with Crippen LogP contribution in [0.2, 0.25) is 0 Å². The highest BCUT2D eigenvalue weighted by atomic mass is 16.4. The van der Waals surface area contributed by atoms with Gasteiger partial charge in [0.15, 0.2) is 0 Å². The Kier molecular flexibility index (Phi) is 7.06. The van der Waals surface area contributed by atoms with Crippen LogP contribution in [0.3, 0.4) is 0 Å². The number of aliphatic hydroxyl groups is 1. The molecular weight excluding hydrogens is 379 g/mol. The Hall–Kier alpha value is -0.275. The summed E-state index contributed by atoms with van der Waals surface area (Å²) in [5.74, 6) is 4.40. The smallest absolute Gasteiger partial charge is 0.283 e. The summed E-state index contributed by atoms with van der Waals surface area (Å²) >= 11 is 0. The van der Waals surface area contributed by atoms with Crippen LogP contribution in [0, 0.1) is 46.3 Å². The largest absolute Gasteiger partial charge is 0.441 e. The van der Waals surface area contributed by atoms with Crippen molar-refractivity contribution < 1.29 is 9.76 Å². The molecule has 0 aromatic rings. The predicted molar refractivity (Wildman–Crippen MR) is 130 cm³/mol. The van der Waals surface area contributed by atoms with Crippen LogP contribution in [0.1, 0.15) is 105 Å². The second-order valence-electron chi connectivity index (χ2n) is 12.8. The van der Waals surface area contributed by atoms with Gasteiger partial charge in [-0.2, -0.15) is 0 Å². The third-order valence-corrected chi connectivity index (χ3v) is 10.7. The fraction of sp³-hybridized carbons (Fsp3) is 0.929. The van der Waals surface area contributed by atoms with E-state index in [-0.39, 0.29) is 17.6 Å². The van der Waals surface area contributed by atoms with Crippen molar-refractivity contribution in [2.45, 2.75) is 117 Å². The number of fused-ring (bicyclic) bond motifs is 5. The van der Waals surface area contributed by atoms with E-state index in [2.05, 4.69) is 40.7 Å². The van der Waals surface area contributed by atoms with Gasteiger partial charge in [-0.05, 0) is 97.7 Å². The van der Waals surface area contributed by atoms with Crippen molar-refractivity contribution in [2.24, 2.45) is 46.3 Å². The molecule has 0 aliphatic heterocycles. The highest BCUT2D eigenvalue weighted by Crippen LogP contribution is 2.67. The molecule has 0 amide bonds. The molecule has 174 valence electrons. The lowest BCUT2D eigenvalue weighted by Gasteiger charge is -2.59. The fourth-order valence-corrected chi connectivity index (χ4v) is 9.00. The second-order valence-corrected chi connectivity index (χ2v) is 12.8. The van der Waals surface area contributed by atoms with E-state index in [1.54, 1.807) is 0 Å². The van der Waals surface area contributed by atoms with Gasteiger partial charge in [0, 0.05) is 0 Å². The molecule has 31 heavy (non-hydrogen) atoms. The predicted octanol–water partition coefficient (Wildman–Crippen LogP) is 6.86. The summed E-state index contributed by atoms with van der Waals surface area (Å²) in [6, 6.07) is 0. The molecule has 3 saturated carbocycles. The maximum Gasteiger partial charge on any atom is 0.283 e. The quantitative estimate of drug-likeness (QED) is 0.371. The van der Waals surface area contributed by atoms with E-state index in [0.29, 0.717) is 17.3 Å². The molecule has 3 fully saturated rings. The molecule has 0 bridgehead atoms. The molecule has 2 radical (unpaired) electrons. The third kappa shape index (κ3) is 4.20. The van der Waals surface area contributed by atoms with E-state index in [1.807, 2.05) is 0 Å². The molecule has 3 heteroatoms. The van der Waals surface area contributed by atoms with Gasteiger partial charge in [0.1, 0.15) is 0 Å². The van der Waals surface area contributed by atoms with Crippen LogP contribution in [-0.4, -0.2) is 25.4 Å². The van der Waals surface area contributed by atoms with Crippen molar-refractivity contribution in [1.29, 1.82) is 0 Å². The number of aliphatic hydroxyl groups excluding tert-OH is 1. The van der Waals surface area contributed by atoms with E-state index >= 15 is 0 Å². The van der Waals surface area contributed by atoms with Gasteiger partial charge in [-0.3, -0.25) is 0 Å². The van der Waals surface area contributed by atoms with Crippen molar-refractivity contribution in [1.82, 2.24) is 0 Å². The van der Waals surface area contributed by atoms with Crippen molar-refractivity contribution in [3.05, 3.63) is 11.6 Å². The molecule has 0 aromatic heterocycles. The number of rotatable bonds is 6. The minimum Gasteiger partial charge on any atom is -0.441 e. The molecule has 4 aliphatic rings. The first-order chi connectivity index (χ1) is 14.7. The zero-order valence-corrected chi connectivity index (χ0v) is 20.9. The highest BCUT2D eigenvalue weighted by Gasteiger charge is 2.60. The average Bonchev–Trinajstić information content (AvgIpc) is 2.98. The first-order valence-corrected chi connectivity index (χ1v) is 13.5. The third-order valence-electron chi connectivity index (χ3n) is 10.7. The van der Waals surface area contributed by atoms with E-state index < -0.39 is 0 Å². The van der Waals surface area contributed by atoms with Gasteiger partial charge in [-0.1, -0.05) is 65.5 Å². The Morgan fingerprint density at radius 1 is 1.06 bits per heavy atom. The molecule has 0 heterocycles. The Labute approximate surface area is 193 Å². The summed E-state index contributed by atoms with van der Waals surface area (Å²) in [7, 11) is 5.96. The maximum absolute atomic E-state index is 10.5. The lowest BCUT2D eigenvalue weighted by molar-refractivity contribution is -0.0818. The molecule has 2 nitrogen and oxygen atoms in total. The summed E-state index contributed by atoms with van der Waals surface area (Å²) in [6.07, 6.45) is 15.8. The Morgan fingerprint density at radius 2 is 1.84 bits per heavy atom. The lowest BCUT2D eigenvalue weighted by Crippen LogP contribution is -2.54. The molecule has 0 spiro atoms. The normalized spacial score (nSPS) is 46.0. The van der Waals surface area contributed by atoms with Crippen LogP contribution in [0.15, 0.2) is 11.6 Å². The van der Waals surface area contributed by atoms with Crippen LogP contribution in [-0.2, 0) is 4.65 Å². The molecule has 9 atom stereocenters. The van der Waals surface area contributed by atoms with Crippen molar-refractivity contribution in [3.8, 4) is 0 Å². The summed E-state index contributed by atoms with van der Waals surface area (Å²) in [6.45, 7) is 12.4. The number of hydrogen-bond acceptors (Lipinski definition) is 2. The molecule has 0 aromatic carbocycles. The van der Waals surface area contributed by atoms with Crippen molar-refractivity contribution >= 4 is 8.05 Å². The Bertz CT molecular complexity index is 659. The van der Waals surface area contributed by atoms with Crippen LogP contribution >= 0.6 is 0 Å². The summed E-state index contributed by atoms with van der Waals surface area (Å²) in [4.78, 5) is 0. The molecule has 4 aliphatic carbocycles. The Balaban J connectivity index is 1.58. The van der Waals surface area contributed by atoms with E-state index in [0.717, 1.165) is 42.9 Å². The van der Waals surface area contributed by atoms with Crippen LogP contribution in [0.4, 0.5) is 0 Å². The van der Waals surface area contributed by atoms with Gasteiger partial charge >= 0.3 is 0 Å². The standard InChI is InChI=1S/C28H47BO2/c1-18(2)8-6-9-19(3)22-11-12-23-26-24(13-15-28(22,23)5)27(4)14-7-10-21(30)16-20(27)17-25(26)31-29/h17-19,21-26,30H,6-16H2,1-5H3. The number of hydrogen-bond donors (Lipinski definition) is 1. The summed E-state index contributed by atoms with van der Waals surface area (Å²) < 4.78 is 5.71. The van der Waals surface area contributed by atoms with Gasteiger partial charge < -0.3 is 9.76 Å². The zero-order chi connectivity index (χ0) is 22.4. The maximum atomic E-state index is 10.5. The van der Waals surface area contributed by atoms with Gasteiger partial charge in [0.2, 0.25) is 0 Å². The van der Waals surface area contributed by atoms with Crippen LogP contribution < -0.4 is 0 Å². The fourth-order valence-electron chi connectivity index (χ4n) is 9.00. The first kappa shape index (κ1) is 23.9. The van der Waals surface area contributed by atoms with Gasteiger partial charge in [-0.15, -0.1) is 0 Å². The molecule has 1 N–H and O–H groups in total. The second kappa shape index (κ2) is 9.17. The van der Waals surface area contributed by atoms with Gasteiger partial charge in [0.25, 0.3) is 8.05 Å². The lowest BCUT2D eigenvalue weighted by atomic mass is 9.47. The molecule has 9 unspecified atom stereocenters. The first-order valence-electron chi connectivity index (χ1n) is 13.5. The highest BCUT2D eigenvalue weighted by molar-refractivity contribution is 5.98. The Morgan fingerprint density at radius 3 is 2.55 bits per heavy atom. The topological polar surface area (TPSA) is 29.5 Å². The SMILES string of the molecule is [B]OC1C=C2CC(O)CCCC2(C)C2CCC3(C)C(C(C)CCCC(C)C)CCC3C12. The molecule has 4 rings (SSSR count). The van der Waals surface area contributed by atoms with Crippen LogP contribution in [0.5, 0.6) is 0 Å². The van der Waals surface area contributed by atoms with Crippen molar-refractivity contribution in [3.63, 3.8) is 0 Å². The zero-order valence-electron chi connectivity index (χ0n) is 20.9. The van der Waals surface area contributed by atoms with Crippen molar-refractivity contribution in [2.75, 3.05) is 0 Å². The van der Waals surface area contributed by atoms with E-state index in [4.69, 9.17) is 12.7 Å². The summed E-state index contributed by atoms with van der Waals surface area (Å²) in [5, 5.41) is 10.5. The molecule has 0 saturated heterocycles. The monoisotopic (exact) mass is 426 g/mol. The minimum absolute atomic E-state index is 0.0259. The van der Waals surface area contributed by atoms with E-state index in [9.17, 15) is 5.11 Å².